The van der Waals surface area contributed by atoms with Crippen molar-refractivity contribution in [3.8, 4) is 0 Å². The molecule has 0 aliphatic carbocycles. The molecule has 0 bridgehead atoms. The molecule has 5 rings (SSSR count). The average molecular weight is 459 g/mol. The Bertz CT molecular complexity index is 1050. The highest BCUT2D eigenvalue weighted by Crippen LogP contribution is 2.36. The molecule has 4 nitrogen and oxygen atoms in total. The van der Waals surface area contributed by atoms with Crippen molar-refractivity contribution in [3.63, 3.8) is 0 Å². The van der Waals surface area contributed by atoms with Gasteiger partial charge in [-0.25, -0.2) is 0 Å². The maximum absolute atomic E-state index is 3.42. The fourth-order valence-corrected chi connectivity index (χ4v) is 4.91. The van der Waals surface area contributed by atoms with Crippen LogP contribution in [0.3, 0.4) is 0 Å². The Morgan fingerprint density at radius 3 is 1.62 bits per heavy atom. The van der Waals surface area contributed by atoms with E-state index in [-0.39, 0.29) is 0 Å². The second-order valence-corrected chi connectivity index (χ2v) is 9.39. The summed E-state index contributed by atoms with van der Waals surface area (Å²) in [5.41, 5.74) is 1.50. The molecular weight excluding hydrogens is 416 g/mol. The molecule has 4 N–H and O–H groups in total. The Labute approximate surface area is 205 Å². The topological polar surface area (TPSA) is 48.1 Å². The summed E-state index contributed by atoms with van der Waals surface area (Å²) in [6.07, 6.45) is 6.15. The van der Waals surface area contributed by atoms with E-state index in [1.54, 1.807) is 0 Å². The number of hydrogen-bond donors (Lipinski definition) is 4. The first kappa shape index (κ1) is 24.9. The first-order chi connectivity index (χ1) is 16.9. The van der Waals surface area contributed by atoms with E-state index in [0.29, 0.717) is 0 Å². The zero-order valence-electron chi connectivity index (χ0n) is 20.9. The molecule has 0 aromatic heterocycles. The zero-order chi connectivity index (χ0) is 23.4. The molecule has 1 aliphatic rings. The molecule has 0 saturated carbocycles. The molecule has 0 amide bonds. The summed E-state index contributed by atoms with van der Waals surface area (Å²) in [5, 5.41) is 22.1. The lowest BCUT2D eigenvalue weighted by Crippen LogP contribution is -2.34. The van der Waals surface area contributed by atoms with Crippen molar-refractivity contribution >= 4 is 32.3 Å². The largest absolute Gasteiger partial charge is 0.315 e. The lowest BCUT2D eigenvalue weighted by molar-refractivity contribution is 0.530. The fourth-order valence-electron chi connectivity index (χ4n) is 4.91. The van der Waals surface area contributed by atoms with Crippen molar-refractivity contribution in [2.75, 3.05) is 52.4 Å². The maximum atomic E-state index is 3.42. The molecule has 0 spiro atoms. The normalized spacial score (nSPS) is 16.9. The molecule has 1 aliphatic heterocycles. The highest BCUT2D eigenvalue weighted by Gasteiger charge is 2.10. The predicted molar refractivity (Wildman–Crippen MR) is 149 cm³/mol. The van der Waals surface area contributed by atoms with Gasteiger partial charge < -0.3 is 21.3 Å². The van der Waals surface area contributed by atoms with E-state index in [4.69, 9.17) is 0 Å². The number of rotatable bonds is 3. The summed E-state index contributed by atoms with van der Waals surface area (Å²) in [6, 6.07) is 20.3. The molecule has 182 valence electrons. The van der Waals surface area contributed by atoms with E-state index in [1.165, 1.54) is 70.0 Å². The van der Waals surface area contributed by atoms with Crippen LogP contribution in [-0.4, -0.2) is 52.4 Å². The Morgan fingerprint density at radius 2 is 1.06 bits per heavy atom. The van der Waals surface area contributed by atoms with E-state index in [2.05, 4.69) is 82.8 Å². The molecule has 0 unspecified atom stereocenters. The third-order valence-electron chi connectivity index (χ3n) is 6.79. The Morgan fingerprint density at radius 1 is 0.559 bits per heavy atom. The van der Waals surface area contributed by atoms with Crippen molar-refractivity contribution in [1.82, 2.24) is 21.3 Å². The monoisotopic (exact) mass is 458 g/mol. The van der Waals surface area contributed by atoms with Crippen molar-refractivity contribution in [2.45, 2.75) is 39.0 Å². The van der Waals surface area contributed by atoms with Gasteiger partial charge in [0.25, 0.3) is 0 Å². The van der Waals surface area contributed by atoms with Gasteiger partial charge >= 0.3 is 0 Å². The van der Waals surface area contributed by atoms with Crippen molar-refractivity contribution in [2.24, 2.45) is 0 Å². The smallest absolute Gasteiger partial charge is 0.00767 e. The van der Waals surface area contributed by atoms with Crippen LogP contribution in [0.2, 0.25) is 0 Å². The van der Waals surface area contributed by atoms with Crippen LogP contribution in [0.15, 0.2) is 54.6 Å². The standard InChI is InChI=1S/C20H18.C10H24N4/c1-2-3-5-14-8-9-17-11-10-15-6-4-7-16-12-13-18(14)20(17)19(15)16;1-3-11-7-9-13-5-2-6-14-10-8-12-4-1/h4,6-13H,2-3,5H2,1H3;11-14H,1-10H2. The number of aryl methyl sites for hydroxylation is 1. The minimum Gasteiger partial charge on any atom is -0.315 e. The van der Waals surface area contributed by atoms with Crippen LogP contribution in [0, 0.1) is 0 Å². The molecule has 34 heavy (non-hydrogen) atoms. The van der Waals surface area contributed by atoms with Gasteiger partial charge in [-0.2, -0.15) is 0 Å². The molecule has 4 heteroatoms. The van der Waals surface area contributed by atoms with E-state index >= 15 is 0 Å². The van der Waals surface area contributed by atoms with Gasteiger partial charge in [0.15, 0.2) is 0 Å². The van der Waals surface area contributed by atoms with E-state index < -0.39 is 0 Å². The van der Waals surface area contributed by atoms with Crippen molar-refractivity contribution < 1.29 is 0 Å². The second kappa shape index (κ2) is 13.6. The van der Waals surface area contributed by atoms with Crippen molar-refractivity contribution in [3.05, 3.63) is 60.2 Å². The van der Waals surface area contributed by atoms with Crippen LogP contribution < -0.4 is 21.3 Å². The van der Waals surface area contributed by atoms with Crippen LogP contribution in [0.25, 0.3) is 32.3 Å². The van der Waals surface area contributed by atoms with Crippen molar-refractivity contribution in [1.29, 1.82) is 0 Å². The third-order valence-corrected chi connectivity index (χ3v) is 6.79. The highest BCUT2D eigenvalue weighted by molar-refractivity contribution is 6.23. The lowest BCUT2D eigenvalue weighted by Gasteiger charge is -2.13. The molecule has 4 aromatic rings. The van der Waals surface area contributed by atoms with E-state index in [9.17, 15) is 0 Å². The van der Waals surface area contributed by atoms with Crippen LogP contribution >= 0.6 is 0 Å². The van der Waals surface area contributed by atoms with Gasteiger partial charge in [-0.1, -0.05) is 67.9 Å². The summed E-state index contributed by atoms with van der Waals surface area (Å²) in [6.45, 7) is 11.1. The van der Waals surface area contributed by atoms with Crippen LogP contribution in [0.5, 0.6) is 0 Å². The second-order valence-electron chi connectivity index (χ2n) is 9.39. The number of hydrogen-bond acceptors (Lipinski definition) is 4. The van der Waals surface area contributed by atoms with Gasteiger partial charge in [0.05, 0.1) is 0 Å². The van der Waals surface area contributed by atoms with Gasteiger partial charge in [0.2, 0.25) is 0 Å². The molecule has 0 atom stereocenters. The number of benzene rings is 4. The van der Waals surface area contributed by atoms with Gasteiger partial charge in [-0.15, -0.1) is 0 Å². The summed E-state index contributed by atoms with van der Waals surface area (Å²) in [4.78, 5) is 0. The van der Waals surface area contributed by atoms with Gasteiger partial charge in [0.1, 0.15) is 0 Å². The minimum absolute atomic E-state index is 1.09. The van der Waals surface area contributed by atoms with Gasteiger partial charge in [0, 0.05) is 26.2 Å². The summed E-state index contributed by atoms with van der Waals surface area (Å²) in [5.74, 6) is 0. The summed E-state index contributed by atoms with van der Waals surface area (Å²) >= 11 is 0. The van der Waals surface area contributed by atoms with Crippen LogP contribution in [-0.2, 0) is 6.42 Å². The lowest BCUT2D eigenvalue weighted by atomic mass is 9.91. The number of unbranched alkanes of at least 4 members (excludes halogenated alkanes) is 1. The van der Waals surface area contributed by atoms with E-state index in [0.717, 1.165) is 52.4 Å². The summed E-state index contributed by atoms with van der Waals surface area (Å²) in [7, 11) is 0. The average Bonchev–Trinajstić information content (AvgIpc) is 2.88. The Balaban J connectivity index is 0.000000173. The molecule has 4 aromatic carbocycles. The molecule has 1 fully saturated rings. The van der Waals surface area contributed by atoms with Gasteiger partial charge in [-0.3, -0.25) is 0 Å². The third kappa shape index (κ3) is 6.67. The SMILES string of the molecule is C1CNCCNCCCNCCNC1.CCCCc1ccc2ccc3cccc4ccc1c2c34. The minimum atomic E-state index is 1.09. The maximum Gasteiger partial charge on any atom is 0.00767 e. The zero-order valence-corrected chi connectivity index (χ0v) is 20.9. The Hall–Kier alpha value is -2.24. The van der Waals surface area contributed by atoms with Crippen LogP contribution in [0.4, 0.5) is 0 Å². The molecule has 0 radical (unpaired) electrons. The fraction of sp³-hybridized carbons (Fsp3) is 0.467. The number of nitrogens with one attached hydrogen (secondary N) is 4. The Kier molecular flexibility index (Phi) is 9.95. The van der Waals surface area contributed by atoms with Crippen LogP contribution in [0.1, 0.15) is 38.2 Å². The molecule has 1 heterocycles. The highest BCUT2D eigenvalue weighted by atomic mass is 15.0. The van der Waals surface area contributed by atoms with Gasteiger partial charge in [-0.05, 0) is 89.7 Å². The molecule has 1 saturated heterocycles. The van der Waals surface area contributed by atoms with E-state index in [1.807, 2.05) is 0 Å². The first-order valence-corrected chi connectivity index (χ1v) is 13.4. The quantitative estimate of drug-likeness (QED) is 0.324. The predicted octanol–water partition coefficient (Wildman–Crippen LogP) is 5.07. The summed E-state index contributed by atoms with van der Waals surface area (Å²) < 4.78 is 0. The first-order valence-electron chi connectivity index (χ1n) is 13.4. The molecular formula is C30H42N4.